The molecule has 2 saturated heterocycles. The van der Waals surface area contributed by atoms with Crippen molar-refractivity contribution in [1.82, 2.24) is 0 Å². The van der Waals surface area contributed by atoms with Gasteiger partial charge in [-0.15, -0.1) is 0 Å². The molecule has 5 fully saturated rings. The SMILES string of the molecule is CC=C(C)C(=O)OC1CCC2(C)C3CCC4(C)C(C5CC(C6OC6(C)C)OC5O)CCC4(C)C3=CCC2C1(C)C. The Balaban J connectivity index is 1.25. The zero-order valence-corrected chi connectivity index (χ0v) is 26.5. The molecule has 2 heterocycles. The molecule has 1 N–H and O–H groups in total. The van der Waals surface area contributed by atoms with Crippen molar-refractivity contribution >= 4 is 5.97 Å². The number of esters is 1. The van der Waals surface area contributed by atoms with E-state index in [-0.39, 0.29) is 57.5 Å². The van der Waals surface area contributed by atoms with Crippen LogP contribution in [0.5, 0.6) is 0 Å². The van der Waals surface area contributed by atoms with Gasteiger partial charge >= 0.3 is 5.97 Å². The summed E-state index contributed by atoms with van der Waals surface area (Å²) >= 11 is 0. The van der Waals surface area contributed by atoms with E-state index in [1.807, 2.05) is 19.9 Å². The van der Waals surface area contributed by atoms with Crippen LogP contribution in [0.3, 0.4) is 0 Å². The van der Waals surface area contributed by atoms with Crippen LogP contribution in [-0.4, -0.2) is 41.3 Å². The van der Waals surface area contributed by atoms with Crippen molar-refractivity contribution in [3.8, 4) is 0 Å². The fraction of sp³-hybridized carbons (Fsp3) is 0.857. The van der Waals surface area contributed by atoms with Crippen LogP contribution in [0.25, 0.3) is 0 Å². The van der Waals surface area contributed by atoms with E-state index in [0.29, 0.717) is 23.3 Å². The third-order valence-corrected chi connectivity index (χ3v) is 13.9. The largest absolute Gasteiger partial charge is 0.458 e. The van der Waals surface area contributed by atoms with Crippen LogP contribution >= 0.6 is 0 Å². The van der Waals surface area contributed by atoms with Gasteiger partial charge in [-0.25, -0.2) is 4.79 Å². The molecule has 0 aromatic carbocycles. The number of fused-ring (bicyclic) bond motifs is 5. The molecule has 5 nitrogen and oxygen atoms in total. The summed E-state index contributed by atoms with van der Waals surface area (Å²) in [4.78, 5) is 12.7. The normalized spacial score (nSPS) is 50.9. The molecule has 11 unspecified atom stereocenters. The molecule has 5 heteroatoms. The first-order chi connectivity index (χ1) is 18.6. The highest BCUT2D eigenvalue weighted by molar-refractivity contribution is 5.87. The molecular weight excluding hydrogens is 500 g/mol. The van der Waals surface area contributed by atoms with Gasteiger partial charge in [0, 0.05) is 16.9 Å². The third-order valence-electron chi connectivity index (χ3n) is 13.9. The molecule has 3 saturated carbocycles. The Labute approximate surface area is 242 Å². The smallest absolute Gasteiger partial charge is 0.333 e. The second kappa shape index (κ2) is 9.16. The van der Waals surface area contributed by atoms with Gasteiger partial charge in [0.1, 0.15) is 12.2 Å². The van der Waals surface area contributed by atoms with Crippen molar-refractivity contribution < 1.29 is 24.1 Å². The summed E-state index contributed by atoms with van der Waals surface area (Å²) in [7, 11) is 0. The Kier molecular flexibility index (Phi) is 6.63. The molecule has 0 radical (unpaired) electrons. The number of carbonyl (C=O) groups excluding carboxylic acids is 1. The van der Waals surface area contributed by atoms with Gasteiger partial charge in [0.05, 0.1) is 11.7 Å². The third kappa shape index (κ3) is 3.92. The second-order valence-corrected chi connectivity index (χ2v) is 16.3. The van der Waals surface area contributed by atoms with E-state index in [9.17, 15) is 9.90 Å². The first-order valence-corrected chi connectivity index (χ1v) is 16.2. The number of ether oxygens (including phenoxy) is 3. The van der Waals surface area contributed by atoms with E-state index >= 15 is 0 Å². The lowest BCUT2D eigenvalue weighted by Gasteiger charge is -2.64. The average molecular weight is 555 g/mol. The molecule has 11 atom stereocenters. The maximum Gasteiger partial charge on any atom is 0.333 e. The van der Waals surface area contributed by atoms with Crippen molar-refractivity contribution in [2.45, 2.75) is 144 Å². The molecule has 6 aliphatic rings. The summed E-state index contributed by atoms with van der Waals surface area (Å²) in [5, 5.41) is 11.1. The van der Waals surface area contributed by atoms with Crippen LogP contribution in [0, 0.1) is 45.3 Å². The van der Waals surface area contributed by atoms with E-state index in [2.05, 4.69) is 54.5 Å². The summed E-state index contributed by atoms with van der Waals surface area (Å²) in [6, 6.07) is 0. The zero-order valence-electron chi connectivity index (χ0n) is 26.5. The van der Waals surface area contributed by atoms with Gasteiger partial charge in [0.25, 0.3) is 0 Å². The number of epoxide rings is 1. The van der Waals surface area contributed by atoms with Gasteiger partial charge in [-0.2, -0.15) is 0 Å². The first kappa shape index (κ1) is 28.9. The number of aliphatic hydroxyl groups excluding tert-OH is 1. The minimum absolute atomic E-state index is 0.0125. The maximum absolute atomic E-state index is 12.7. The van der Waals surface area contributed by atoms with Gasteiger partial charge in [-0.3, -0.25) is 0 Å². The molecule has 0 aromatic heterocycles. The lowest BCUT2D eigenvalue weighted by Crippen LogP contribution is -2.58. The Hall–Kier alpha value is -1.17. The Morgan fingerprint density at radius 1 is 1.05 bits per heavy atom. The van der Waals surface area contributed by atoms with Crippen molar-refractivity contribution in [1.29, 1.82) is 0 Å². The molecular formula is C35H54O5. The molecule has 0 aromatic rings. The molecule has 0 amide bonds. The minimum Gasteiger partial charge on any atom is -0.458 e. The van der Waals surface area contributed by atoms with Gasteiger partial charge < -0.3 is 19.3 Å². The summed E-state index contributed by atoms with van der Waals surface area (Å²) in [6.45, 7) is 20.4. The van der Waals surface area contributed by atoms with Gasteiger partial charge in [0.15, 0.2) is 6.29 Å². The highest BCUT2D eigenvalue weighted by Crippen LogP contribution is 2.74. The average Bonchev–Trinajstić information content (AvgIpc) is 3.21. The molecule has 40 heavy (non-hydrogen) atoms. The van der Waals surface area contributed by atoms with Crippen molar-refractivity contribution in [2.75, 3.05) is 0 Å². The molecule has 224 valence electrons. The van der Waals surface area contributed by atoms with Crippen LogP contribution in [0.2, 0.25) is 0 Å². The fourth-order valence-electron chi connectivity index (χ4n) is 11.1. The first-order valence-electron chi connectivity index (χ1n) is 16.2. The predicted molar refractivity (Wildman–Crippen MR) is 156 cm³/mol. The lowest BCUT2D eigenvalue weighted by atomic mass is 9.41. The van der Waals surface area contributed by atoms with Gasteiger partial charge in [0.2, 0.25) is 0 Å². The summed E-state index contributed by atoms with van der Waals surface area (Å²) in [5.74, 6) is 1.56. The summed E-state index contributed by atoms with van der Waals surface area (Å²) < 4.78 is 18.2. The zero-order chi connectivity index (χ0) is 29.0. The Bertz CT molecular complexity index is 1120. The van der Waals surface area contributed by atoms with Crippen LogP contribution in [0.4, 0.5) is 0 Å². The maximum atomic E-state index is 12.7. The number of allylic oxidation sites excluding steroid dienone is 3. The Morgan fingerprint density at radius 2 is 1.75 bits per heavy atom. The van der Waals surface area contributed by atoms with Crippen molar-refractivity contribution in [2.24, 2.45) is 45.3 Å². The number of carbonyl (C=O) groups is 1. The standard InChI is InChI=1S/C35H54O5/c1-10-20(2)29(36)39-27-15-16-33(7)23-14-18-34(8)22(21-19-25(38-30(21)37)28-32(5,6)40-28)13-17-35(34,9)24(23)11-12-26(33)31(27,3)4/h10-11,21-23,25-28,30,37H,12-19H2,1-9H3. The van der Waals surface area contributed by atoms with Crippen LogP contribution in [-0.2, 0) is 19.0 Å². The number of hydrogen-bond acceptors (Lipinski definition) is 5. The molecule has 2 aliphatic heterocycles. The quantitative estimate of drug-likeness (QED) is 0.170. The van der Waals surface area contributed by atoms with E-state index in [4.69, 9.17) is 14.2 Å². The topological polar surface area (TPSA) is 68.3 Å². The van der Waals surface area contributed by atoms with Gasteiger partial charge in [-0.1, -0.05) is 52.3 Å². The fourth-order valence-corrected chi connectivity index (χ4v) is 11.1. The lowest BCUT2D eigenvalue weighted by molar-refractivity contribution is -0.173. The van der Waals surface area contributed by atoms with Crippen LogP contribution in [0.15, 0.2) is 23.3 Å². The summed E-state index contributed by atoms with van der Waals surface area (Å²) in [6.07, 6.45) is 12.7. The monoisotopic (exact) mass is 554 g/mol. The van der Waals surface area contributed by atoms with E-state index in [1.165, 1.54) is 19.3 Å². The molecule has 6 rings (SSSR count). The Morgan fingerprint density at radius 3 is 2.40 bits per heavy atom. The molecule has 0 bridgehead atoms. The highest BCUT2D eigenvalue weighted by atomic mass is 16.7. The number of rotatable bonds is 4. The highest BCUT2D eigenvalue weighted by Gasteiger charge is 2.67. The number of hydrogen-bond donors (Lipinski definition) is 1. The van der Waals surface area contributed by atoms with Crippen molar-refractivity contribution in [3.63, 3.8) is 0 Å². The van der Waals surface area contributed by atoms with E-state index in [0.717, 1.165) is 32.1 Å². The van der Waals surface area contributed by atoms with Crippen LogP contribution in [0.1, 0.15) is 114 Å². The molecule has 4 aliphatic carbocycles. The number of aliphatic hydroxyl groups is 1. The van der Waals surface area contributed by atoms with E-state index < -0.39 is 6.29 Å². The minimum atomic E-state index is -0.681. The van der Waals surface area contributed by atoms with Gasteiger partial charge in [-0.05, 0) is 113 Å². The van der Waals surface area contributed by atoms with Crippen LogP contribution < -0.4 is 0 Å². The van der Waals surface area contributed by atoms with Crippen molar-refractivity contribution in [3.05, 3.63) is 23.3 Å². The van der Waals surface area contributed by atoms with E-state index in [1.54, 1.807) is 5.57 Å². The summed E-state index contributed by atoms with van der Waals surface area (Å²) in [5.41, 5.74) is 2.73. The molecule has 0 spiro atoms. The predicted octanol–water partition coefficient (Wildman–Crippen LogP) is 7.37. The second-order valence-electron chi connectivity index (χ2n) is 16.3.